The normalized spacial score (nSPS) is 27.8. The highest BCUT2D eigenvalue weighted by Crippen LogP contribution is 2.63. The molecule has 0 spiro atoms. The number of pyridine rings is 2. The summed E-state index contributed by atoms with van der Waals surface area (Å²) >= 11 is 0. The van der Waals surface area contributed by atoms with Crippen molar-refractivity contribution >= 4 is 23.2 Å². The van der Waals surface area contributed by atoms with E-state index in [4.69, 9.17) is 4.74 Å². The van der Waals surface area contributed by atoms with Crippen molar-refractivity contribution in [2.75, 3.05) is 10.6 Å². The van der Waals surface area contributed by atoms with Gasteiger partial charge in [-0.2, -0.15) is 26.3 Å². The Balaban J connectivity index is 1.45. The van der Waals surface area contributed by atoms with Crippen molar-refractivity contribution < 1.29 is 40.7 Å². The first kappa shape index (κ1) is 27.0. The molecule has 2 unspecified atom stereocenters. The molecule has 0 aliphatic heterocycles. The number of halogens is 6. The number of hydrogen-bond acceptors (Lipinski definition) is 5. The standard InChI is InChI=1S/C25H24F6N4O4/c1-12(36)34-18-4-16(25(29,30)31)10-33-20(18)39-23-7-13-2-14(8-23)6-22(5-13,11-23)21(38)35-17-3-15(24(26,27)28)9-32-19(17)37/h3-4,9-10,13-14H,2,5-8,11H2,1H3,(H,32,37)(H,34,36)(H,35,38). The lowest BCUT2D eigenvalue weighted by atomic mass is 9.47. The molecule has 0 aromatic carbocycles. The summed E-state index contributed by atoms with van der Waals surface area (Å²) in [5.41, 5.74) is -5.94. The van der Waals surface area contributed by atoms with Crippen LogP contribution in [0.1, 0.15) is 56.6 Å². The minimum absolute atomic E-state index is 0.00968. The maximum Gasteiger partial charge on any atom is 0.417 e. The summed E-state index contributed by atoms with van der Waals surface area (Å²) in [5.74, 6) is -1.44. The average Bonchev–Trinajstić information content (AvgIpc) is 2.78. The van der Waals surface area contributed by atoms with Crippen LogP contribution >= 0.6 is 0 Å². The molecule has 4 bridgehead atoms. The van der Waals surface area contributed by atoms with E-state index in [9.17, 15) is 40.7 Å². The maximum absolute atomic E-state index is 13.5. The van der Waals surface area contributed by atoms with E-state index in [-0.39, 0.29) is 29.8 Å². The van der Waals surface area contributed by atoms with E-state index >= 15 is 0 Å². The Bertz CT molecular complexity index is 1370. The summed E-state index contributed by atoms with van der Waals surface area (Å²) in [6.45, 7) is 1.13. The fourth-order valence-corrected chi connectivity index (χ4v) is 6.73. The highest BCUT2D eigenvalue weighted by molar-refractivity contribution is 5.95. The number of amides is 2. The number of hydrogen-bond donors (Lipinski definition) is 3. The van der Waals surface area contributed by atoms with Gasteiger partial charge in [-0.3, -0.25) is 14.4 Å². The molecule has 4 aliphatic carbocycles. The van der Waals surface area contributed by atoms with Crippen molar-refractivity contribution in [3.05, 3.63) is 46.0 Å². The number of ether oxygens (including phenoxy) is 1. The molecule has 0 radical (unpaired) electrons. The Morgan fingerprint density at radius 1 is 0.974 bits per heavy atom. The number of carbonyl (C=O) groups excluding carboxylic acids is 2. The largest absolute Gasteiger partial charge is 0.470 e. The van der Waals surface area contributed by atoms with Crippen molar-refractivity contribution in [3.63, 3.8) is 0 Å². The Labute approximate surface area is 217 Å². The van der Waals surface area contributed by atoms with Gasteiger partial charge in [0.25, 0.3) is 5.56 Å². The van der Waals surface area contributed by atoms with Crippen LogP contribution in [0.4, 0.5) is 37.7 Å². The van der Waals surface area contributed by atoms with Crippen LogP contribution in [-0.4, -0.2) is 27.4 Å². The third-order valence-corrected chi connectivity index (χ3v) is 7.77. The zero-order valence-corrected chi connectivity index (χ0v) is 20.6. The van der Waals surface area contributed by atoms with E-state index in [0.29, 0.717) is 44.1 Å². The van der Waals surface area contributed by atoms with E-state index in [1.807, 2.05) is 4.98 Å². The molecule has 2 heterocycles. The molecule has 3 N–H and O–H groups in total. The summed E-state index contributed by atoms with van der Waals surface area (Å²) in [6, 6.07) is 1.31. The van der Waals surface area contributed by atoms with Crippen LogP contribution in [0.25, 0.3) is 0 Å². The molecule has 2 aromatic rings. The fraction of sp³-hybridized carbons (Fsp3) is 0.520. The lowest BCUT2D eigenvalue weighted by Gasteiger charge is -2.60. The molecule has 2 aromatic heterocycles. The number of nitrogens with one attached hydrogen (secondary N) is 3. The Morgan fingerprint density at radius 3 is 2.18 bits per heavy atom. The molecule has 39 heavy (non-hydrogen) atoms. The van der Waals surface area contributed by atoms with Gasteiger partial charge in [-0.1, -0.05) is 0 Å². The van der Waals surface area contributed by atoms with Crippen LogP contribution in [0.5, 0.6) is 5.88 Å². The third kappa shape index (κ3) is 5.20. The van der Waals surface area contributed by atoms with Crippen LogP contribution in [0.15, 0.2) is 29.3 Å². The van der Waals surface area contributed by atoms with Crippen LogP contribution < -0.4 is 20.9 Å². The zero-order chi connectivity index (χ0) is 28.4. The van der Waals surface area contributed by atoms with Crippen molar-refractivity contribution in [3.8, 4) is 5.88 Å². The van der Waals surface area contributed by atoms with E-state index in [1.54, 1.807) is 0 Å². The lowest BCUT2D eigenvalue weighted by molar-refractivity contribution is -0.167. The minimum Gasteiger partial charge on any atom is -0.470 e. The summed E-state index contributed by atoms with van der Waals surface area (Å²) in [4.78, 5) is 43.3. The smallest absolute Gasteiger partial charge is 0.417 e. The molecule has 4 saturated carbocycles. The molecular weight excluding hydrogens is 534 g/mol. The molecule has 14 heteroatoms. The SMILES string of the molecule is CC(=O)Nc1cc(C(F)(F)F)cnc1OC12CC3CC(C1)CC(C(=O)Nc1cc(C(F)(F)F)c[nH]c1=O)(C3)C2. The quantitative estimate of drug-likeness (QED) is 0.441. The summed E-state index contributed by atoms with van der Waals surface area (Å²) in [5, 5.41) is 4.71. The fourth-order valence-electron chi connectivity index (χ4n) is 6.73. The van der Waals surface area contributed by atoms with E-state index in [2.05, 4.69) is 15.6 Å². The number of carbonyl (C=O) groups is 2. The molecule has 4 fully saturated rings. The van der Waals surface area contributed by atoms with Gasteiger partial charge in [0.05, 0.1) is 16.5 Å². The highest BCUT2D eigenvalue weighted by Gasteiger charge is 2.62. The average molecular weight is 558 g/mol. The van der Waals surface area contributed by atoms with Crippen molar-refractivity contribution in [2.24, 2.45) is 17.3 Å². The zero-order valence-electron chi connectivity index (χ0n) is 20.6. The summed E-state index contributed by atoms with van der Waals surface area (Å²) < 4.78 is 85.5. The van der Waals surface area contributed by atoms with E-state index < -0.39 is 57.6 Å². The number of aromatic amines is 1. The monoisotopic (exact) mass is 558 g/mol. The van der Waals surface area contributed by atoms with Crippen LogP contribution in [0.2, 0.25) is 0 Å². The molecule has 4 aliphatic rings. The predicted octanol–water partition coefficient (Wildman–Crippen LogP) is 5.12. The maximum atomic E-state index is 13.5. The number of anilines is 2. The van der Waals surface area contributed by atoms with Gasteiger partial charge in [-0.05, 0) is 56.1 Å². The van der Waals surface area contributed by atoms with Gasteiger partial charge in [0.1, 0.15) is 17.0 Å². The van der Waals surface area contributed by atoms with Gasteiger partial charge in [0, 0.05) is 25.7 Å². The van der Waals surface area contributed by atoms with Gasteiger partial charge in [0.15, 0.2) is 0 Å². The Morgan fingerprint density at radius 2 is 1.59 bits per heavy atom. The summed E-state index contributed by atoms with van der Waals surface area (Å²) in [7, 11) is 0. The van der Waals surface area contributed by atoms with Crippen molar-refractivity contribution in [2.45, 2.75) is 63.4 Å². The van der Waals surface area contributed by atoms with Gasteiger partial charge < -0.3 is 20.4 Å². The Kier molecular flexibility index (Phi) is 6.22. The van der Waals surface area contributed by atoms with E-state index in [0.717, 1.165) is 19.4 Å². The topological polar surface area (TPSA) is 113 Å². The van der Waals surface area contributed by atoms with E-state index in [1.165, 1.54) is 0 Å². The number of rotatable bonds is 5. The Hall–Kier alpha value is -3.58. The molecule has 210 valence electrons. The third-order valence-electron chi connectivity index (χ3n) is 7.77. The van der Waals surface area contributed by atoms with Crippen LogP contribution in [0, 0.1) is 17.3 Å². The second-order valence-electron chi connectivity index (χ2n) is 10.9. The van der Waals surface area contributed by atoms with Gasteiger partial charge in [0.2, 0.25) is 17.7 Å². The van der Waals surface area contributed by atoms with Crippen LogP contribution in [-0.2, 0) is 21.9 Å². The second-order valence-corrected chi connectivity index (χ2v) is 10.9. The van der Waals surface area contributed by atoms with Crippen molar-refractivity contribution in [1.29, 1.82) is 0 Å². The first-order valence-electron chi connectivity index (χ1n) is 12.2. The van der Waals surface area contributed by atoms with Crippen molar-refractivity contribution in [1.82, 2.24) is 9.97 Å². The molecular formula is C25H24F6N4O4. The van der Waals surface area contributed by atoms with Gasteiger partial charge in [-0.15, -0.1) is 0 Å². The lowest BCUT2D eigenvalue weighted by Crippen LogP contribution is -2.61. The summed E-state index contributed by atoms with van der Waals surface area (Å²) in [6.07, 6.45) is -5.56. The molecule has 0 saturated heterocycles. The number of nitrogens with zero attached hydrogens (tertiary/aromatic N) is 1. The molecule has 2 amide bonds. The predicted molar refractivity (Wildman–Crippen MR) is 125 cm³/mol. The van der Waals surface area contributed by atoms with Gasteiger partial charge in [-0.25, -0.2) is 4.98 Å². The second kappa shape index (κ2) is 8.98. The number of alkyl halides is 6. The number of aromatic nitrogens is 2. The molecule has 8 nitrogen and oxygen atoms in total. The molecule has 2 atom stereocenters. The minimum atomic E-state index is -4.73. The van der Waals surface area contributed by atoms with Gasteiger partial charge >= 0.3 is 12.4 Å². The first-order chi connectivity index (χ1) is 18.1. The molecule has 6 rings (SSSR count). The highest BCUT2D eigenvalue weighted by atomic mass is 19.4. The number of H-pyrrole nitrogens is 1. The first-order valence-corrected chi connectivity index (χ1v) is 12.2. The van der Waals surface area contributed by atoms with Crippen LogP contribution in [0.3, 0.4) is 0 Å².